The fourth-order valence-corrected chi connectivity index (χ4v) is 3.65. The monoisotopic (exact) mass is 422 g/mol. The summed E-state index contributed by atoms with van der Waals surface area (Å²) in [6.07, 6.45) is 1.83. The predicted octanol–water partition coefficient (Wildman–Crippen LogP) is 5.01. The molecule has 0 bridgehead atoms. The SMILES string of the molecule is c1ccc(Cc2noc(C(Cc3ccccc3)c3nc(Cc4ccccc4)no3)n2)cc1. The third-order valence-electron chi connectivity index (χ3n) is 5.26. The van der Waals surface area contributed by atoms with Gasteiger partial charge < -0.3 is 9.05 Å². The molecule has 0 radical (unpaired) electrons. The van der Waals surface area contributed by atoms with Crippen molar-refractivity contribution in [2.24, 2.45) is 0 Å². The largest absolute Gasteiger partial charge is 0.338 e. The summed E-state index contributed by atoms with van der Waals surface area (Å²) in [4.78, 5) is 9.33. The van der Waals surface area contributed by atoms with E-state index in [9.17, 15) is 0 Å². The molecule has 2 heterocycles. The van der Waals surface area contributed by atoms with Gasteiger partial charge in [-0.05, 0) is 23.1 Å². The molecule has 0 N–H and O–H groups in total. The van der Waals surface area contributed by atoms with Crippen LogP contribution < -0.4 is 0 Å². The van der Waals surface area contributed by atoms with Crippen molar-refractivity contribution < 1.29 is 9.05 Å². The van der Waals surface area contributed by atoms with Crippen LogP contribution in [0.3, 0.4) is 0 Å². The van der Waals surface area contributed by atoms with Crippen molar-refractivity contribution in [3.05, 3.63) is 131 Å². The molecule has 0 amide bonds. The maximum absolute atomic E-state index is 5.66. The minimum atomic E-state index is -0.313. The lowest BCUT2D eigenvalue weighted by molar-refractivity contribution is 0.313. The Hall–Kier alpha value is -4.06. The van der Waals surface area contributed by atoms with Gasteiger partial charge in [0.15, 0.2) is 11.6 Å². The highest BCUT2D eigenvalue weighted by atomic mass is 16.5. The van der Waals surface area contributed by atoms with Crippen LogP contribution in [0, 0.1) is 0 Å². The Labute approximate surface area is 185 Å². The molecule has 0 saturated carbocycles. The van der Waals surface area contributed by atoms with Crippen molar-refractivity contribution in [3.63, 3.8) is 0 Å². The van der Waals surface area contributed by atoms with Gasteiger partial charge >= 0.3 is 0 Å². The Morgan fingerprint density at radius 2 is 0.938 bits per heavy atom. The van der Waals surface area contributed by atoms with Crippen LogP contribution in [0.25, 0.3) is 0 Å². The second-order valence-corrected chi connectivity index (χ2v) is 7.66. The molecule has 0 atom stereocenters. The van der Waals surface area contributed by atoms with Gasteiger partial charge in [-0.25, -0.2) is 0 Å². The van der Waals surface area contributed by atoms with Crippen LogP contribution >= 0.6 is 0 Å². The lowest BCUT2D eigenvalue weighted by Crippen LogP contribution is -2.07. The molecule has 158 valence electrons. The van der Waals surface area contributed by atoms with Gasteiger partial charge in [-0.2, -0.15) is 9.97 Å². The van der Waals surface area contributed by atoms with Crippen molar-refractivity contribution in [3.8, 4) is 0 Å². The van der Waals surface area contributed by atoms with Gasteiger partial charge in [0.2, 0.25) is 11.8 Å². The molecular weight excluding hydrogens is 400 g/mol. The van der Waals surface area contributed by atoms with E-state index in [2.05, 4.69) is 32.4 Å². The molecule has 32 heavy (non-hydrogen) atoms. The lowest BCUT2D eigenvalue weighted by Gasteiger charge is -2.08. The maximum atomic E-state index is 5.66. The van der Waals surface area contributed by atoms with Crippen molar-refractivity contribution in [2.75, 3.05) is 0 Å². The van der Waals surface area contributed by atoms with Crippen LogP contribution in [-0.4, -0.2) is 20.3 Å². The first-order valence-electron chi connectivity index (χ1n) is 10.6. The summed E-state index contributed by atoms with van der Waals surface area (Å²) in [5.41, 5.74) is 3.38. The van der Waals surface area contributed by atoms with Crippen molar-refractivity contribution in [1.82, 2.24) is 20.3 Å². The van der Waals surface area contributed by atoms with Crippen LogP contribution in [0.2, 0.25) is 0 Å². The summed E-state index contributed by atoms with van der Waals surface area (Å²) >= 11 is 0. The van der Waals surface area contributed by atoms with Crippen LogP contribution in [0.5, 0.6) is 0 Å². The quantitative estimate of drug-likeness (QED) is 0.350. The van der Waals surface area contributed by atoms with E-state index in [0.717, 1.165) is 16.7 Å². The minimum absolute atomic E-state index is 0.313. The number of aromatic nitrogens is 4. The van der Waals surface area contributed by atoms with E-state index >= 15 is 0 Å². The molecule has 0 aliphatic rings. The fraction of sp³-hybridized carbons (Fsp3) is 0.154. The first-order valence-corrected chi connectivity index (χ1v) is 10.6. The number of hydrogen-bond acceptors (Lipinski definition) is 6. The Morgan fingerprint density at radius 1 is 0.531 bits per heavy atom. The van der Waals surface area contributed by atoms with E-state index in [1.54, 1.807) is 0 Å². The maximum Gasteiger partial charge on any atom is 0.239 e. The van der Waals surface area contributed by atoms with Gasteiger partial charge in [0.1, 0.15) is 5.92 Å². The van der Waals surface area contributed by atoms with Gasteiger partial charge in [0, 0.05) is 12.8 Å². The van der Waals surface area contributed by atoms with Crippen LogP contribution in [0.15, 0.2) is 100 Å². The zero-order valence-electron chi connectivity index (χ0n) is 17.5. The molecule has 5 aromatic rings. The zero-order chi connectivity index (χ0) is 21.6. The first kappa shape index (κ1) is 19.9. The van der Waals surface area contributed by atoms with Crippen molar-refractivity contribution in [1.29, 1.82) is 0 Å². The van der Waals surface area contributed by atoms with Crippen LogP contribution in [0.4, 0.5) is 0 Å². The molecule has 6 heteroatoms. The standard InChI is InChI=1S/C26H22N4O2/c1-4-10-19(11-5-1)16-22(25-27-23(29-31-25)17-20-12-6-2-7-13-20)26-28-24(30-32-26)18-21-14-8-3-9-15-21/h1-15,22H,16-18H2. The summed E-state index contributed by atoms with van der Waals surface area (Å²) in [7, 11) is 0. The van der Waals surface area contributed by atoms with Crippen LogP contribution in [-0.2, 0) is 19.3 Å². The zero-order valence-corrected chi connectivity index (χ0v) is 17.5. The highest BCUT2D eigenvalue weighted by Gasteiger charge is 2.27. The molecule has 2 aromatic heterocycles. The van der Waals surface area contributed by atoms with E-state index in [0.29, 0.717) is 42.7 Å². The summed E-state index contributed by atoms with van der Waals surface area (Å²) in [5.74, 6) is 1.91. The number of hydrogen-bond donors (Lipinski definition) is 0. The lowest BCUT2D eigenvalue weighted by atomic mass is 9.99. The van der Waals surface area contributed by atoms with Gasteiger partial charge in [-0.15, -0.1) is 0 Å². The second-order valence-electron chi connectivity index (χ2n) is 7.66. The fourth-order valence-electron chi connectivity index (χ4n) is 3.65. The van der Waals surface area contributed by atoms with E-state index < -0.39 is 0 Å². The Kier molecular flexibility index (Phi) is 5.83. The normalized spacial score (nSPS) is 11.2. The molecule has 0 fully saturated rings. The molecule has 0 saturated heterocycles. The molecule has 3 aromatic carbocycles. The predicted molar refractivity (Wildman–Crippen MR) is 119 cm³/mol. The molecule has 0 unspecified atom stereocenters. The molecule has 0 aliphatic carbocycles. The average Bonchev–Trinajstić information content (AvgIpc) is 3.49. The Bertz CT molecular complexity index is 1170. The Balaban J connectivity index is 1.41. The first-order chi connectivity index (χ1) is 15.8. The third-order valence-corrected chi connectivity index (χ3v) is 5.26. The molecule has 0 spiro atoms. The van der Waals surface area contributed by atoms with E-state index in [4.69, 9.17) is 9.05 Å². The van der Waals surface area contributed by atoms with E-state index in [1.807, 2.05) is 78.9 Å². The summed E-state index contributed by atoms with van der Waals surface area (Å²) in [5, 5.41) is 8.40. The topological polar surface area (TPSA) is 77.8 Å². The van der Waals surface area contributed by atoms with Gasteiger partial charge in [-0.1, -0.05) is 101 Å². The van der Waals surface area contributed by atoms with Crippen LogP contribution in [0.1, 0.15) is 46.0 Å². The highest BCUT2D eigenvalue weighted by molar-refractivity contribution is 5.23. The summed E-state index contributed by atoms with van der Waals surface area (Å²) in [6.45, 7) is 0. The Morgan fingerprint density at radius 3 is 1.38 bits per heavy atom. The van der Waals surface area contributed by atoms with Crippen molar-refractivity contribution >= 4 is 0 Å². The van der Waals surface area contributed by atoms with Gasteiger partial charge in [-0.3, -0.25) is 0 Å². The third kappa shape index (κ3) is 4.81. The summed E-state index contributed by atoms with van der Waals surface area (Å²) < 4.78 is 11.3. The second kappa shape index (κ2) is 9.39. The smallest absolute Gasteiger partial charge is 0.239 e. The molecule has 5 rings (SSSR count). The number of nitrogens with zero attached hydrogens (tertiary/aromatic N) is 4. The number of rotatable bonds is 8. The van der Waals surface area contributed by atoms with Gasteiger partial charge in [0.05, 0.1) is 0 Å². The van der Waals surface area contributed by atoms with E-state index in [1.165, 1.54) is 0 Å². The van der Waals surface area contributed by atoms with E-state index in [-0.39, 0.29) is 5.92 Å². The van der Waals surface area contributed by atoms with Crippen molar-refractivity contribution in [2.45, 2.75) is 25.2 Å². The summed E-state index contributed by atoms with van der Waals surface area (Å²) in [6, 6.07) is 30.3. The molecular formula is C26H22N4O2. The highest BCUT2D eigenvalue weighted by Crippen LogP contribution is 2.27. The average molecular weight is 422 g/mol. The molecule has 0 aliphatic heterocycles. The molecule has 6 nitrogen and oxygen atoms in total. The minimum Gasteiger partial charge on any atom is -0.338 e. The number of benzene rings is 3. The van der Waals surface area contributed by atoms with Gasteiger partial charge in [0.25, 0.3) is 0 Å².